The fraction of sp³-hybridized carbons (Fsp3) is 0.185. The summed E-state index contributed by atoms with van der Waals surface area (Å²) in [7, 11) is 1.74. The van der Waals surface area contributed by atoms with Crippen LogP contribution in [-0.4, -0.2) is 33.0 Å². The van der Waals surface area contributed by atoms with E-state index in [0.29, 0.717) is 23.7 Å². The van der Waals surface area contributed by atoms with E-state index in [2.05, 4.69) is 15.2 Å². The molecule has 0 atom stereocenters. The highest BCUT2D eigenvalue weighted by Gasteiger charge is 2.13. The van der Waals surface area contributed by atoms with Crippen LogP contribution in [0.4, 0.5) is 4.39 Å². The Labute approximate surface area is 202 Å². The van der Waals surface area contributed by atoms with Gasteiger partial charge in [0.2, 0.25) is 5.91 Å². The van der Waals surface area contributed by atoms with Crippen LogP contribution in [0.5, 0.6) is 5.75 Å². The lowest BCUT2D eigenvalue weighted by Crippen LogP contribution is -2.27. The molecule has 1 amide bonds. The summed E-state index contributed by atoms with van der Waals surface area (Å²) in [6.45, 7) is 0.740. The van der Waals surface area contributed by atoms with Crippen molar-refractivity contribution in [3.63, 3.8) is 0 Å². The van der Waals surface area contributed by atoms with Crippen LogP contribution in [0.1, 0.15) is 23.2 Å². The molecule has 7 nitrogen and oxygen atoms in total. The number of halogens is 1. The Morgan fingerprint density at radius 3 is 2.43 bits per heavy atom. The minimum atomic E-state index is -0.375. The molecule has 0 radical (unpaired) electrons. The normalized spacial score (nSPS) is 10.7. The van der Waals surface area contributed by atoms with E-state index in [9.17, 15) is 14.0 Å². The molecule has 1 aromatic heterocycles. The number of aromatic amines is 1. The molecular weight excluding hydrogens is 447 g/mol. The number of aryl methyl sites for hydroxylation is 1. The van der Waals surface area contributed by atoms with Crippen LogP contribution in [0.15, 0.2) is 83.7 Å². The van der Waals surface area contributed by atoms with E-state index < -0.39 is 0 Å². The van der Waals surface area contributed by atoms with Gasteiger partial charge in [0.15, 0.2) is 5.82 Å². The molecule has 0 spiro atoms. The van der Waals surface area contributed by atoms with Crippen LogP contribution in [0.25, 0.3) is 11.4 Å². The molecule has 1 N–H and O–H groups in total. The number of nitrogens with zero attached hydrogens (tertiary/aromatic N) is 3. The van der Waals surface area contributed by atoms with Crippen molar-refractivity contribution >= 4 is 5.91 Å². The van der Waals surface area contributed by atoms with Gasteiger partial charge in [-0.3, -0.25) is 9.59 Å². The first-order valence-corrected chi connectivity index (χ1v) is 11.2. The number of hydrogen-bond donors (Lipinski definition) is 1. The maximum atomic E-state index is 13.3. The van der Waals surface area contributed by atoms with Crippen molar-refractivity contribution < 1.29 is 13.9 Å². The molecule has 0 saturated heterocycles. The standard InChI is InChI=1S/C27H25FN4O3/c1-32(17-19-6-3-2-4-7-19)25(33)15-14-24-27(34)29-26(31-30-24)21-10-12-23(13-11-21)35-18-20-8-5-9-22(28)16-20/h2-13,16H,14-15,17-18H2,1H3,(H,29,31,34). The number of ether oxygens (including phenoxy) is 1. The number of benzene rings is 3. The van der Waals surface area contributed by atoms with Gasteiger partial charge in [-0.15, -0.1) is 10.2 Å². The molecule has 4 aromatic rings. The molecule has 0 aliphatic carbocycles. The van der Waals surface area contributed by atoms with Gasteiger partial charge >= 0.3 is 0 Å². The molecule has 8 heteroatoms. The molecule has 35 heavy (non-hydrogen) atoms. The van der Waals surface area contributed by atoms with Crippen molar-refractivity contribution in [3.8, 4) is 17.1 Å². The molecule has 0 bridgehead atoms. The highest BCUT2D eigenvalue weighted by molar-refractivity contribution is 5.76. The number of carbonyl (C=O) groups is 1. The number of nitrogens with one attached hydrogen (secondary N) is 1. The molecule has 1 heterocycles. The third-order valence-electron chi connectivity index (χ3n) is 5.45. The average Bonchev–Trinajstić information content (AvgIpc) is 2.87. The number of H-pyrrole nitrogens is 1. The number of aromatic nitrogens is 3. The van der Waals surface area contributed by atoms with Gasteiger partial charge in [0.25, 0.3) is 5.56 Å². The van der Waals surface area contributed by atoms with Gasteiger partial charge in [-0.05, 0) is 47.5 Å². The van der Waals surface area contributed by atoms with Gasteiger partial charge in [-0.1, -0.05) is 42.5 Å². The molecule has 0 unspecified atom stereocenters. The first-order valence-electron chi connectivity index (χ1n) is 11.2. The van der Waals surface area contributed by atoms with Gasteiger partial charge < -0.3 is 14.6 Å². The van der Waals surface area contributed by atoms with E-state index >= 15 is 0 Å². The minimum absolute atomic E-state index is 0.0760. The van der Waals surface area contributed by atoms with E-state index in [1.54, 1.807) is 48.3 Å². The second kappa shape index (κ2) is 11.2. The van der Waals surface area contributed by atoms with Crippen molar-refractivity contribution in [1.29, 1.82) is 0 Å². The zero-order valence-corrected chi connectivity index (χ0v) is 19.3. The number of carbonyl (C=O) groups excluding carboxylic acids is 1. The summed E-state index contributed by atoms with van der Waals surface area (Å²) >= 11 is 0. The molecule has 178 valence electrons. The van der Waals surface area contributed by atoms with Crippen molar-refractivity contribution in [2.75, 3.05) is 7.05 Å². The highest BCUT2D eigenvalue weighted by Crippen LogP contribution is 2.19. The third-order valence-corrected chi connectivity index (χ3v) is 5.45. The Bertz CT molecular complexity index is 1340. The number of rotatable bonds is 9. The largest absolute Gasteiger partial charge is 0.489 e. The summed E-state index contributed by atoms with van der Waals surface area (Å²) in [5.41, 5.74) is 2.27. The van der Waals surface area contributed by atoms with Crippen LogP contribution in [0.2, 0.25) is 0 Å². The summed E-state index contributed by atoms with van der Waals surface area (Å²) < 4.78 is 19.0. The summed E-state index contributed by atoms with van der Waals surface area (Å²) in [4.78, 5) is 29.3. The quantitative estimate of drug-likeness (QED) is 0.396. The Kier molecular flexibility index (Phi) is 7.62. The van der Waals surface area contributed by atoms with Crippen LogP contribution < -0.4 is 10.3 Å². The summed E-state index contributed by atoms with van der Waals surface area (Å²) in [6.07, 6.45) is 0.366. The van der Waals surface area contributed by atoms with Gasteiger partial charge in [0.05, 0.1) is 0 Å². The van der Waals surface area contributed by atoms with Gasteiger partial charge in [0, 0.05) is 32.0 Å². The molecular formula is C27H25FN4O3. The smallest absolute Gasteiger partial charge is 0.273 e. The molecule has 0 aliphatic rings. The molecule has 0 fully saturated rings. The van der Waals surface area contributed by atoms with Gasteiger partial charge in [-0.2, -0.15) is 0 Å². The van der Waals surface area contributed by atoms with E-state index in [1.165, 1.54) is 12.1 Å². The fourth-order valence-electron chi connectivity index (χ4n) is 3.52. The average molecular weight is 473 g/mol. The second-order valence-corrected chi connectivity index (χ2v) is 8.13. The predicted molar refractivity (Wildman–Crippen MR) is 130 cm³/mol. The molecule has 0 aliphatic heterocycles. The number of amides is 1. The zero-order chi connectivity index (χ0) is 24.6. The third kappa shape index (κ3) is 6.60. The number of hydrogen-bond acceptors (Lipinski definition) is 5. The van der Waals surface area contributed by atoms with Crippen LogP contribution in [-0.2, 0) is 24.4 Å². The Balaban J connectivity index is 1.32. The van der Waals surface area contributed by atoms with Crippen molar-refractivity contribution in [2.45, 2.75) is 26.0 Å². The Hall–Kier alpha value is -4.33. The Morgan fingerprint density at radius 2 is 1.71 bits per heavy atom. The summed E-state index contributed by atoms with van der Waals surface area (Å²) in [5.74, 6) is 0.537. The lowest BCUT2D eigenvalue weighted by molar-refractivity contribution is -0.130. The van der Waals surface area contributed by atoms with Gasteiger partial charge in [-0.25, -0.2) is 4.39 Å². The summed E-state index contributed by atoms with van der Waals surface area (Å²) in [5, 5.41) is 8.17. The first kappa shape index (κ1) is 23.8. The van der Waals surface area contributed by atoms with Gasteiger partial charge in [0.1, 0.15) is 23.9 Å². The lowest BCUT2D eigenvalue weighted by Gasteiger charge is -2.17. The monoisotopic (exact) mass is 472 g/mol. The fourth-order valence-corrected chi connectivity index (χ4v) is 3.52. The second-order valence-electron chi connectivity index (χ2n) is 8.13. The predicted octanol–water partition coefficient (Wildman–Crippen LogP) is 4.14. The first-order chi connectivity index (χ1) is 17.0. The maximum Gasteiger partial charge on any atom is 0.273 e. The maximum absolute atomic E-state index is 13.3. The van der Waals surface area contributed by atoms with Crippen molar-refractivity contribution in [2.24, 2.45) is 0 Å². The summed E-state index contributed by atoms with van der Waals surface area (Å²) in [6, 6.07) is 22.9. The van der Waals surface area contributed by atoms with Crippen LogP contribution >= 0.6 is 0 Å². The zero-order valence-electron chi connectivity index (χ0n) is 19.3. The topological polar surface area (TPSA) is 88.2 Å². The molecule has 0 saturated carbocycles. The van der Waals surface area contributed by atoms with E-state index in [0.717, 1.165) is 11.1 Å². The van der Waals surface area contributed by atoms with Crippen molar-refractivity contribution in [1.82, 2.24) is 20.1 Å². The SMILES string of the molecule is CN(Cc1ccccc1)C(=O)CCc1nnc(-c2ccc(OCc3cccc(F)c3)cc2)[nH]c1=O. The van der Waals surface area contributed by atoms with Crippen molar-refractivity contribution in [3.05, 3.63) is 112 Å². The van der Waals surface area contributed by atoms with Crippen LogP contribution in [0.3, 0.4) is 0 Å². The van der Waals surface area contributed by atoms with E-state index in [1.807, 2.05) is 30.3 Å². The molecule has 3 aromatic carbocycles. The van der Waals surface area contributed by atoms with Crippen LogP contribution in [0, 0.1) is 5.82 Å². The Morgan fingerprint density at radius 1 is 0.971 bits per heavy atom. The lowest BCUT2D eigenvalue weighted by atomic mass is 10.2. The highest BCUT2D eigenvalue weighted by atomic mass is 19.1. The van der Waals surface area contributed by atoms with E-state index in [-0.39, 0.29) is 42.4 Å². The molecule has 4 rings (SSSR count). The minimum Gasteiger partial charge on any atom is -0.489 e. The van der Waals surface area contributed by atoms with E-state index in [4.69, 9.17) is 4.74 Å².